The van der Waals surface area contributed by atoms with Crippen molar-refractivity contribution in [2.75, 3.05) is 0 Å². The maximum atomic E-state index is 11.7. The minimum absolute atomic E-state index is 0.0413. The number of amides is 1. The van der Waals surface area contributed by atoms with Gasteiger partial charge in [0.1, 0.15) is 0 Å². The van der Waals surface area contributed by atoms with E-state index in [0.29, 0.717) is 5.92 Å². The second kappa shape index (κ2) is 6.50. The molecular weight excluding hydrogens is 186 g/mol. The lowest BCUT2D eigenvalue weighted by atomic mass is 9.97. The van der Waals surface area contributed by atoms with Crippen LogP contribution >= 0.6 is 0 Å². The lowest BCUT2D eigenvalue weighted by molar-refractivity contribution is -0.125. The van der Waals surface area contributed by atoms with Crippen LogP contribution in [-0.2, 0) is 4.79 Å². The third-order valence-electron chi connectivity index (χ3n) is 2.42. The number of hydrogen-bond acceptors (Lipinski definition) is 1. The Labute approximate surface area is 93.8 Å². The number of carbonyl (C=O) groups is 1. The van der Waals surface area contributed by atoms with Crippen LogP contribution in [0.25, 0.3) is 0 Å². The van der Waals surface area contributed by atoms with Gasteiger partial charge in [-0.25, -0.2) is 0 Å². The first-order valence-corrected chi connectivity index (χ1v) is 5.65. The molecule has 0 aliphatic heterocycles. The van der Waals surface area contributed by atoms with Crippen LogP contribution in [0.4, 0.5) is 0 Å². The van der Waals surface area contributed by atoms with Crippen LogP contribution in [0.2, 0.25) is 0 Å². The van der Waals surface area contributed by atoms with E-state index in [2.05, 4.69) is 25.1 Å². The topological polar surface area (TPSA) is 29.1 Å². The molecule has 2 atom stereocenters. The van der Waals surface area contributed by atoms with E-state index in [0.717, 1.165) is 6.42 Å². The highest BCUT2D eigenvalue weighted by Crippen LogP contribution is 2.11. The molecule has 0 saturated heterocycles. The molecule has 0 aromatic carbocycles. The zero-order valence-electron chi connectivity index (χ0n) is 10.5. The van der Waals surface area contributed by atoms with E-state index in [1.165, 1.54) is 0 Å². The molecule has 0 saturated carbocycles. The number of nitrogens with one attached hydrogen (secondary N) is 1. The molecule has 0 spiro atoms. The Balaban J connectivity index is 4.18. The smallest absolute Gasteiger partial charge is 0.223 e. The summed E-state index contributed by atoms with van der Waals surface area (Å²) in [6, 6.07) is -0.146. The lowest BCUT2D eigenvalue weighted by Crippen LogP contribution is -2.40. The second-order valence-corrected chi connectivity index (χ2v) is 4.93. The van der Waals surface area contributed by atoms with Gasteiger partial charge >= 0.3 is 0 Å². The summed E-state index contributed by atoms with van der Waals surface area (Å²) in [6.45, 7) is 10.2. The zero-order valence-corrected chi connectivity index (χ0v) is 10.5. The van der Waals surface area contributed by atoms with E-state index in [-0.39, 0.29) is 23.8 Å². The van der Waals surface area contributed by atoms with Gasteiger partial charge in [-0.05, 0) is 18.3 Å². The Kier molecular flexibility index (Phi) is 6.08. The molecule has 0 aromatic heterocycles. The van der Waals surface area contributed by atoms with Crippen LogP contribution in [0.15, 0.2) is 0 Å². The monoisotopic (exact) mass is 209 g/mol. The van der Waals surface area contributed by atoms with Crippen LogP contribution in [0.1, 0.15) is 41.0 Å². The van der Waals surface area contributed by atoms with Gasteiger partial charge in [-0.3, -0.25) is 4.79 Å². The van der Waals surface area contributed by atoms with Crippen molar-refractivity contribution in [1.29, 1.82) is 0 Å². The van der Waals surface area contributed by atoms with Crippen molar-refractivity contribution in [2.45, 2.75) is 47.1 Å². The summed E-state index contributed by atoms with van der Waals surface area (Å²) in [6.07, 6.45) is 6.26. The predicted molar refractivity (Wildman–Crippen MR) is 64.2 cm³/mol. The van der Waals surface area contributed by atoms with E-state index < -0.39 is 0 Å². The van der Waals surface area contributed by atoms with Gasteiger partial charge in [0.2, 0.25) is 5.91 Å². The van der Waals surface area contributed by atoms with Crippen LogP contribution in [0.3, 0.4) is 0 Å². The van der Waals surface area contributed by atoms with Crippen molar-refractivity contribution < 1.29 is 4.79 Å². The van der Waals surface area contributed by atoms with Crippen LogP contribution in [-0.4, -0.2) is 11.9 Å². The zero-order chi connectivity index (χ0) is 12.0. The molecule has 1 N–H and O–H groups in total. The van der Waals surface area contributed by atoms with E-state index in [9.17, 15) is 4.79 Å². The van der Waals surface area contributed by atoms with Gasteiger partial charge in [-0.2, -0.15) is 0 Å². The molecule has 0 fully saturated rings. The molecule has 1 amide bonds. The molecular formula is C13H23NO. The minimum Gasteiger partial charge on any atom is -0.342 e. The van der Waals surface area contributed by atoms with Crippen molar-refractivity contribution in [3.63, 3.8) is 0 Å². The van der Waals surface area contributed by atoms with Crippen LogP contribution < -0.4 is 5.32 Å². The first-order chi connectivity index (χ1) is 6.88. The van der Waals surface area contributed by atoms with E-state index in [1.807, 2.05) is 20.8 Å². The summed E-state index contributed by atoms with van der Waals surface area (Å²) < 4.78 is 0. The van der Waals surface area contributed by atoms with Gasteiger partial charge in [0.15, 0.2) is 0 Å². The Morgan fingerprint density at radius 1 is 1.27 bits per heavy atom. The molecule has 2 heteroatoms. The molecule has 0 aliphatic rings. The Morgan fingerprint density at radius 2 is 1.80 bits per heavy atom. The van der Waals surface area contributed by atoms with Crippen molar-refractivity contribution in [3.8, 4) is 12.3 Å². The third kappa shape index (κ3) is 5.47. The third-order valence-corrected chi connectivity index (χ3v) is 2.42. The molecule has 0 radical (unpaired) electrons. The summed E-state index contributed by atoms with van der Waals surface area (Å²) in [5, 5.41) is 2.90. The highest BCUT2D eigenvalue weighted by molar-refractivity contribution is 5.78. The molecule has 0 heterocycles. The largest absolute Gasteiger partial charge is 0.342 e. The molecule has 2 nitrogen and oxygen atoms in total. The normalized spacial score (nSPS) is 14.8. The van der Waals surface area contributed by atoms with Gasteiger partial charge < -0.3 is 5.32 Å². The molecule has 0 rings (SSSR count). The Hall–Kier alpha value is -0.970. The second-order valence-electron chi connectivity index (χ2n) is 4.93. The summed E-state index contributed by atoms with van der Waals surface area (Å²) in [4.78, 5) is 11.7. The predicted octanol–water partition coefficient (Wildman–Crippen LogP) is 2.44. The molecule has 86 valence electrons. The van der Waals surface area contributed by atoms with E-state index in [4.69, 9.17) is 6.42 Å². The highest BCUT2D eigenvalue weighted by Gasteiger charge is 2.18. The average molecular weight is 209 g/mol. The SMILES string of the molecule is C#CC(NC(=O)C(C)CC(C)C)C(C)C. The number of hydrogen-bond donors (Lipinski definition) is 1. The Bertz CT molecular complexity index is 237. The van der Waals surface area contributed by atoms with Gasteiger partial charge in [0, 0.05) is 5.92 Å². The van der Waals surface area contributed by atoms with Crippen LogP contribution in [0, 0.1) is 30.1 Å². The van der Waals surface area contributed by atoms with Gasteiger partial charge in [-0.15, -0.1) is 6.42 Å². The fourth-order valence-corrected chi connectivity index (χ4v) is 1.51. The van der Waals surface area contributed by atoms with Crippen molar-refractivity contribution in [3.05, 3.63) is 0 Å². The molecule has 0 aromatic rings. The maximum Gasteiger partial charge on any atom is 0.223 e. The lowest BCUT2D eigenvalue weighted by Gasteiger charge is -2.20. The number of rotatable bonds is 5. The number of carbonyl (C=O) groups excluding carboxylic acids is 1. The fourth-order valence-electron chi connectivity index (χ4n) is 1.51. The van der Waals surface area contributed by atoms with Crippen molar-refractivity contribution in [1.82, 2.24) is 5.32 Å². The van der Waals surface area contributed by atoms with Gasteiger partial charge in [0.25, 0.3) is 0 Å². The quantitative estimate of drug-likeness (QED) is 0.692. The summed E-state index contributed by atoms with van der Waals surface area (Å²) in [5.41, 5.74) is 0. The first-order valence-electron chi connectivity index (χ1n) is 5.65. The van der Waals surface area contributed by atoms with Crippen molar-refractivity contribution >= 4 is 5.91 Å². The van der Waals surface area contributed by atoms with E-state index >= 15 is 0 Å². The van der Waals surface area contributed by atoms with Crippen molar-refractivity contribution in [2.24, 2.45) is 17.8 Å². The molecule has 15 heavy (non-hydrogen) atoms. The molecule has 2 unspecified atom stereocenters. The summed E-state index contributed by atoms with van der Waals surface area (Å²) in [7, 11) is 0. The minimum atomic E-state index is -0.146. The van der Waals surface area contributed by atoms with Gasteiger partial charge in [-0.1, -0.05) is 40.5 Å². The molecule has 0 aliphatic carbocycles. The van der Waals surface area contributed by atoms with E-state index in [1.54, 1.807) is 0 Å². The first kappa shape index (κ1) is 14.0. The van der Waals surface area contributed by atoms with Crippen LogP contribution in [0.5, 0.6) is 0 Å². The Morgan fingerprint density at radius 3 is 2.13 bits per heavy atom. The maximum absolute atomic E-state index is 11.7. The standard InChI is InChI=1S/C13H23NO/c1-7-12(10(4)5)14-13(15)11(6)8-9(2)3/h1,9-12H,8H2,2-6H3,(H,14,15). The molecule has 0 bridgehead atoms. The highest BCUT2D eigenvalue weighted by atomic mass is 16.1. The summed E-state index contributed by atoms with van der Waals surface area (Å²) >= 11 is 0. The van der Waals surface area contributed by atoms with Gasteiger partial charge in [0.05, 0.1) is 6.04 Å². The number of terminal acetylenes is 1. The average Bonchev–Trinajstić information content (AvgIpc) is 2.11. The summed E-state index contributed by atoms with van der Waals surface area (Å²) in [5.74, 6) is 3.54. The fraction of sp³-hybridized carbons (Fsp3) is 0.769.